The molecule has 0 aliphatic rings. The molecule has 0 heterocycles. The van der Waals surface area contributed by atoms with Gasteiger partial charge in [0.25, 0.3) is 0 Å². The van der Waals surface area contributed by atoms with Crippen LogP contribution in [0.1, 0.15) is 6.92 Å². The number of carbonyl (C=O) groups excluding carboxylic acids is 1. The molecular weight excluding hydrogens is 154 g/mol. The zero-order chi connectivity index (χ0) is 9.40. The number of carbonyl (C=O) groups is 1. The molecule has 0 saturated carbocycles. The van der Waals surface area contributed by atoms with Crippen molar-refractivity contribution in [2.75, 3.05) is 7.11 Å². The van der Waals surface area contributed by atoms with Crippen molar-refractivity contribution in [3.8, 4) is 0 Å². The van der Waals surface area contributed by atoms with Crippen LogP contribution in [0.3, 0.4) is 0 Å². The molecule has 0 spiro atoms. The van der Waals surface area contributed by atoms with Gasteiger partial charge in [0, 0.05) is 5.70 Å². The first-order chi connectivity index (χ1) is 5.74. The van der Waals surface area contributed by atoms with E-state index in [1.165, 1.54) is 0 Å². The lowest BCUT2D eigenvalue weighted by Gasteiger charge is -1.97. The molecule has 0 unspecified atom stereocenters. The summed E-state index contributed by atoms with van der Waals surface area (Å²) in [5, 5.41) is 2.47. The molecule has 0 saturated heterocycles. The van der Waals surface area contributed by atoms with E-state index in [-0.39, 0.29) is 0 Å². The van der Waals surface area contributed by atoms with Crippen LogP contribution in [-0.2, 0) is 9.53 Å². The SMILES string of the molecule is C=C/C(=C\C=C(/C)OC)NC=O. The van der Waals surface area contributed by atoms with Crippen LogP contribution in [0.2, 0.25) is 0 Å². The van der Waals surface area contributed by atoms with Crippen molar-refractivity contribution in [3.05, 3.63) is 36.3 Å². The zero-order valence-electron chi connectivity index (χ0n) is 7.33. The first-order valence-electron chi connectivity index (χ1n) is 3.49. The summed E-state index contributed by atoms with van der Waals surface area (Å²) in [5.74, 6) is 0.766. The van der Waals surface area contributed by atoms with E-state index in [9.17, 15) is 4.79 Å². The van der Waals surface area contributed by atoms with E-state index in [2.05, 4.69) is 11.9 Å². The number of hydrogen-bond acceptors (Lipinski definition) is 2. The van der Waals surface area contributed by atoms with E-state index in [0.717, 1.165) is 5.76 Å². The van der Waals surface area contributed by atoms with Crippen LogP contribution < -0.4 is 5.32 Å². The molecule has 3 nitrogen and oxygen atoms in total. The minimum atomic E-state index is 0.601. The Morgan fingerprint density at radius 2 is 2.17 bits per heavy atom. The predicted octanol–water partition coefficient (Wildman–Crippen LogP) is 1.35. The second kappa shape index (κ2) is 6.22. The minimum absolute atomic E-state index is 0.601. The number of hydrogen-bond donors (Lipinski definition) is 1. The van der Waals surface area contributed by atoms with Crippen LogP contribution in [0, 0.1) is 0 Å². The Balaban J connectivity index is 4.28. The molecule has 0 bridgehead atoms. The quantitative estimate of drug-likeness (QED) is 0.381. The van der Waals surface area contributed by atoms with E-state index in [1.54, 1.807) is 25.3 Å². The fourth-order valence-electron chi connectivity index (χ4n) is 0.518. The Hall–Kier alpha value is -1.51. The molecule has 1 N–H and O–H groups in total. The van der Waals surface area contributed by atoms with E-state index >= 15 is 0 Å². The molecule has 3 heteroatoms. The third kappa shape index (κ3) is 4.33. The summed E-state index contributed by atoms with van der Waals surface area (Å²) in [7, 11) is 1.58. The average molecular weight is 167 g/mol. The second-order valence-electron chi connectivity index (χ2n) is 2.07. The van der Waals surface area contributed by atoms with Gasteiger partial charge in [-0.1, -0.05) is 6.58 Å². The van der Waals surface area contributed by atoms with Crippen LogP contribution in [0.4, 0.5) is 0 Å². The lowest BCUT2D eigenvalue weighted by molar-refractivity contribution is -0.108. The topological polar surface area (TPSA) is 38.3 Å². The Morgan fingerprint density at radius 3 is 2.58 bits per heavy atom. The lowest BCUT2D eigenvalue weighted by atomic mass is 10.3. The second-order valence-corrected chi connectivity index (χ2v) is 2.07. The Kier molecular flexibility index (Phi) is 5.43. The van der Waals surface area contributed by atoms with Gasteiger partial charge in [-0.25, -0.2) is 0 Å². The smallest absolute Gasteiger partial charge is 0.211 e. The molecule has 0 aromatic carbocycles. The van der Waals surface area contributed by atoms with Gasteiger partial charge in [-0.2, -0.15) is 0 Å². The summed E-state index contributed by atoms with van der Waals surface area (Å²) in [6, 6.07) is 0. The fraction of sp³-hybridized carbons (Fsp3) is 0.222. The van der Waals surface area contributed by atoms with Crippen LogP contribution in [-0.4, -0.2) is 13.5 Å². The van der Waals surface area contributed by atoms with E-state index < -0.39 is 0 Å². The Morgan fingerprint density at radius 1 is 1.50 bits per heavy atom. The summed E-state index contributed by atoms with van der Waals surface area (Å²) < 4.78 is 4.89. The maximum atomic E-state index is 10.0. The molecule has 0 atom stereocenters. The van der Waals surface area contributed by atoms with Gasteiger partial charge in [0.15, 0.2) is 0 Å². The highest BCUT2D eigenvalue weighted by atomic mass is 16.5. The fourth-order valence-corrected chi connectivity index (χ4v) is 0.518. The van der Waals surface area contributed by atoms with Gasteiger partial charge in [0.1, 0.15) is 0 Å². The minimum Gasteiger partial charge on any atom is -0.501 e. The lowest BCUT2D eigenvalue weighted by Crippen LogP contribution is -2.07. The number of ether oxygens (including phenoxy) is 1. The summed E-state index contributed by atoms with van der Waals surface area (Å²) >= 11 is 0. The molecular formula is C9H13NO2. The number of nitrogens with one attached hydrogen (secondary N) is 1. The molecule has 0 aliphatic heterocycles. The molecule has 1 amide bonds. The third-order valence-corrected chi connectivity index (χ3v) is 1.27. The third-order valence-electron chi connectivity index (χ3n) is 1.27. The maximum Gasteiger partial charge on any atom is 0.211 e. The van der Waals surface area contributed by atoms with Crippen LogP contribution in [0.25, 0.3) is 0 Å². The predicted molar refractivity (Wildman–Crippen MR) is 48.2 cm³/mol. The van der Waals surface area contributed by atoms with Crippen molar-refractivity contribution in [2.45, 2.75) is 6.92 Å². The van der Waals surface area contributed by atoms with Crippen molar-refractivity contribution in [1.82, 2.24) is 5.32 Å². The highest BCUT2D eigenvalue weighted by Gasteiger charge is 1.85. The van der Waals surface area contributed by atoms with E-state index in [1.807, 2.05) is 6.92 Å². The first kappa shape index (κ1) is 10.5. The summed E-state index contributed by atoms with van der Waals surface area (Å²) in [4.78, 5) is 10.0. The van der Waals surface area contributed by atoms with Gasteiger partial charge in [0.2, 0.25) is 6.41 Å². The highest BCUT2D eigenvalue weighted by molar-refractivity contribution is 5.52. The maximum absolute atomic E-state index is 10.0. The van der Waals surface area contributed by atoms with Gasteiger partial charge in [-0.15, -0.1) is 0 Å². The van der Waals surface area contributed by atoms with Crippen molar-refractivity contribution in [1.29, 1.82) is 0 Å². The van der Waals surface area contributed by atoms with Gasteiger partial charge in [0.05, 0.1) is 12.9 Å². The molecule has 0 rings (SSSR count). The van der Waals surface area contributed by atoms with Crippen LogP contribution in [0.5, 0.6) is 0 Å². The van der Waals surface area contributed by atoms with Gasteiger partial charge in [-0.3, -0.25) is 4.79 Å². The number of rotatable bonds is 5. The van der Waals surface area contributed by atoms with Gasteiger partial charge < -0.3 is 10.1 Å². The normalized spacial score (nSPS) is 12.2. The molecule has 66 valence electrons. The largest absolute Gasteiger partial charge is 0.501 e. The van der Waals surface area contributed by atoms with E-state index in [4.69, 9.17) is 4.74 Å². The molecule has 0 radical (unpaired) electrons. The Bertz CT molecular complexity index is 217. The van der Waals surface area contributed by atoms with Crippen LogP contribution >= 0.6 is 0 Å². The summed E-state index contributed by atoms with van der Waals surface area (Å²) in [6.45, 7) is 5.34. The average Bonchev–Trinajstić information content (AvgIpc) is 2.11. The van der Waals surface area contributed by atoms with Crippen molar-refractivity contribution in [3.63, 3.8) is 0 Å². The number of amides is 1. The molecule has 12 heavy (non-hydrogen) atoms. The molecule has 0 fully saturated rings. The number of methoxy groups -OCH3 is 1. The summed E-state index contributed by atoms with van der Waals surface area (Å²) in [5.41, 5.74) is 0.640. The molecule has 0 aliphatic carbocycles. The Labute approximate surface area is 72.4 Å². The molecule has 0 aromatic heterocycles. The van der Waals surface area contributed by atoms with Gasteiger partial charge in [-0.05, 0) is 25.2 Å². The van der Waals surface area contributed by atoms with Gasteiger partial charge >= 0.3 is 0 Å². The van der Waals surface area contributed by atoms with E-state index in [0.29, 0.717) is 12.1 Å². The monoisotopic (exact) mass is 167 g/mol. The highest BCUT2D eigenvalue weighted by Crippen LogP contribution is 1.96. The zero-order valence-corrected chi connectivity index (χ0v) is 7.33. The first-order valence-corrected chi connectivity index (χ1v) is 3.49. The van der Waals surface area contributed by atoms with Crippen molar-refractivity contribution in [2.24, 2.45) is 0 Å². The molecule has 0 aromatic rings. The standard InChI is InChI=1S/C9H13NO2/c1-4-9(10-7-11)6-5-8(2)12-3/h4-7H,1H2,2-3H3,(H,10,11)/b8-5+,9-6+. The van der Waals surface area contributed by atoms with Crippen LogP contribution in [0.15, 0.2) is 36.3 Å². The van der Waals surface area contributed by atoms with Crippen molar-refractivity contribution >= 4 is 6.41 Å². The van der Waals surface area contributed by atoms with Crippen molar-refractivity contribution < 1.29 is 9.53 Å². The number of allylic oxidation sites excluding steroid dienone is 4. The summed E-state index contributed by atoms with van der Waals surface area (Å²) in [6.07, 6.45) is 5.60.